The molecule has 0 amide bonds. The lowest BCUT2D eigenvalue weighted by Gasteiger charge is -2.18. The quantitative estimate of drug-likeness (QED) is 0.178. The average molecular weight is 639 g/mol. The van der Waals surface area contributed by atoms with Crippen LogP contribution in [0.2, 0.25) is 0 Å². The van der Waals surface area contributed by atoms with Gasteiger partial charge in [0, 0.05) is 32.7 Å². The van der Waals surface area contributed by atoms with E-state index in [9.17, 15) is 0 Å². The molecule has 2 heteroatoms. The molecule has 9 aromatic rings. The number of fused-ring (bicyclic) bond motifs is 6. The number of para-hydroxylation sites is 2. The van der Waals surface area contributed by atoms with E-state index in [-0.39, 0.29) is 0 Å². The molecular formula is C48H34N2. The summed E-state index contributed by atoms with van der Waals surface area (Å²) in [6.07, 6.45) is 9.94. The van der Waals surface area contributed by atoms with Crippen LogP contribution < -0.4 is 0 Å². The molecule has 1 unspecified atom stereocenters. The van der Waals surface area contributed by atoms with Gasteiger partial charge in [0.05, 0.1) is 22.6 Å². The first-order valence-corrected chi connectivity index (χ1v) is 17.5. The predicted molar refractivity (Wildman–Crippen MR) is 212 cm³/mol. The summed E-state index contributed by atoms with van der Waals surface area (Å²) in [5.74, 6) is 0. The molecule has 1 atom stereocenters. The van der Waals surface area contributed by atoms with Crippen molar-refractivity contribution in [2.24, 2.45) is 0 Å². The first kappa shape index (κ1) is 28.6. The third kappa shape index (κ3) is 4.64. The molecule has 0 bridgehead atoms. The highest BCUT2D eigenvalue weighted by Crippen LogP contribution is 2.40. The zero-order valence-corrected chi connectivity index (χ0v) is 27.6. The molecule has 0 aliphatic heterocycles. The third-order valence-corrected chi connectivity index (χ3v) is 10.4. The highest BCUT2D eigenvalue weighted by Gasteiger charge is 2.19. The molecule has 0 spiro atoms. The van der Waals surface area contributed by atoms with Gasteiger partial charge in [0.15, 0.2) is 0 Å². The van der Waals surface area contributed by atoms with Gasteiger partial charge in [-0.25, -0.2) is 0 Å². The van der Waals surface area contributed by atoms with Crippen molar-refractivity contribution in [3.05, 3.63) is 188 Å². The van der Waals surface area contributed by atoms with Gasteiger partial charge < -0.3 is 9.13 Å². The second-order valence-electron chi connectivity index (χ2n) is 13.3. The zero-order valence-electron chi connectivity index (χ0n) is 27.6. The molecule has 1 aliphatic carbocycles. The van der Waals surface area contributed by atoms with Gasteiger partial charge in [-0.2, -0.15) is 0 Å². The topological polar surface area (TPSA) is 9.86 Å². The highest BCUT2D eigenvalue weighted by molar-refractivity contribution is 6.12. The van der Waals surface area contributed by atoms with Crippen LogP contribution in [0.5, 0.6) is 0 Å². The molecule has 2 nitrogen and oxygen atoms in total. The largest absolute Gasteiger partial charge is 0.333 e. The van der Waals surface area contributed by atoms with Crippen molar-refractivity contribution < 1.29 is 0 Å². The summed E-state index contributed by atoms with van der Waals surface area (Å²) in [4.78, 5) is 0. The van der Waals surface area contributed by atoms with E-state index in [0.29, 0.717) is 6.04 Å². The molecule has 0 N–H and O–H groups in total. The van der Waals surface area contributed by atoms with Gasteiger partial charge in [0.25, 0.3) is 0 Å². The van der Waals surface area contributed by atoms with Crippen molar-refractivity contribution in [2.45, 2.75) is 12.5 Å². The number of hydrogen-bond acceptors (Lipinski definition) is 0. The van der Waals surface area contributed by atoms with Gasteiger partial charge in [0.1, 0.15) is 0 Å². The second kappa shape index (κ2) is 11.6. The normalized spacial score (nSPS) is 14.4. The van der Waals surface area contributed by atoms with Gasteiger partial charge in [-0.15, -0.1) is 0 Å². The smallest absolute Gasteiger partial charge is 0.0560 e. The van der Waals surface area contributed by atoms with E-state index >= 15 is 0 Å². The molecule has 0 saturated carbocycles. The monoisotopic (exact) mass is 638 g/mol. The molecular weight excluding hydrogens is 605 g/mol. The number of aromatic nitrogens is 2. The SMILES string of the molecule is C1=CCC(n2c3ccccc3c3ccc(-c4ccc5c(c4)c4ccccc4n5-c4cc(-c5ccccc5)cc(-c5ccccc5)c4)cc32)C=C1. The van der Waals surface area contributed by atoms with Gasteiger partial charge in [-0.1, -0.05) is 140 Å². The van der Waals surface area contributed by atoms with Gasteiger partial charge in [-0.3, -0.25) is 0 Å². The first-order chi connectivity index (χ1) is 24.8. The third-order valence-electron chi connectivity index (χ3n) is 10.4. The standard InChI is InChI=1S/C48H34N2/c1-4-14-33(15-5-1)37-28-38(34-16-6-2-7-17-34)30-40(29-37)50-46-23-13-11-21-42(46)44-31-35(25-27-47(44)50)36-24-26-43-41-20-10-12-22-45(41)49(48(43)32-36)39-18-8-3-9-19-39/h1-18,20-32,39H,19H2. The first-order valence-electron chi connectivity index (χ1n) is 17.5. The lowest BCUT2D eigenvalue weighted by molar-refractivity contribution is 0.648. The Morgan fingerprint density at radius 2 is 0.960 bits per heavy atom. The Labute approximate surface area is 291 Å². The van der Waals surface area contributed by atoms with Crippen molar-refractivity contribution in [1.29, 1.82) is 0 Å². The summed E-state index contributed by atoms with van der Waals surface area (Å²) in [5.41, 5.74) is 13.4. The Hall–Kier alpha value is -6.38. The van der Waals surface area contributed by atoms with Crippen LogP contribution in [0.3, 0.4) is 0 Å². The Balaban J connectivity index is 1.17. The maximum absolute atomic E-state index is 2.53. The summed E-state index contributed by atoms with van der Waals surface area (Å²) in [6.45, 7) is 0. The number of nitrogens with zero attached hydrogens (tertiary/aromatic N) is 2. The minimum Gasteiger partial charge on any atom is -0.333 e. The minimum absolute atomic E-state index is 0.297. The van der Waals surface area contributed by atoms with Crippen LogP contribution in [0.25, 0.3) is 82.7 Å². The van der Waals surface area contributed by atoms with E-state index in [1.54, 1.807) is 0 Å². The van der Waals surface area contributed by atoms with E-state index < -0.39 is 0 Å². The van der Waals surface area contributed by atoms with Crippen LogP contribution in [0.4, 0.5) is 0 Å². The van der Waals surface area contributed by atoms with E-state index in [1.807, 2.05) is 0 Å². The average Bonchev–Trinajstić information content (AvgIpc) is 3.71. The van der Waals surface area contributed by atoms with Gasteiger partial charge in [-0.05, 0) is 88.3 Å². The number of benzene rings is 7. The Bertz CT molecular complexity index is 2720. The van der Waals surface area contributed by atoms with Crippen molar-refractivity contribution in [3.8, 4) is 39.1 Å². The van der Waals surface area contributed by atoms with E-state index in [0.717, 1.165) is 12.1 Å². The van der Waals surface area contributed by atoms with E-state index in [4.69, 9.17) is 0 Å². The van der Waals surface area contributed by atoms with Crippen molar-refractivity contribution >= 4 is 43.6 Å². The summed E-state index contributed by atoms with van der Waals surface area (Å²) in [5, 5.41) is 5.12. The maximum atomic E-state index is 2.53. The van der Waals surface area contributed by atoms with Crippen molar-refractivity contribution in [2.75, 3.05) is 0 Å². The Morgan fingerprint density at radius 1 is 0.380 bits per heavy atom. The molecule has 10 rings (SSSR count). The molecule has 236 valence electrons. The predicted octanol–water partition coefficient (Wildman–Crippen LogP) is 12.9. The summed E-state index contributed by atoms with van der Waals surface area (Å²) >= 11 is 0. The number of hydrogen-bond donors (Lipinski definition) is 0. The van der Waals surface area contributed by atoms with Crippen LogP contribution in [-0.2, 0) is 0 Å². The Kier molecular flexibility index (Phi) is 6.67. The number of allylic oxidation sites excluding steroid dienone is 4. The van der Waals surface area contributed by atoms with E-state index in [2.05, 4.69) is 197 Å². The second-order valence-corrected chi connectivity index (χ2v) is 13.3. The van der Waals surface area contributed by atoms with Gasteiger partial charge in [0.2, 0.25) is 0 Å². The molecule has 0 radical (unpaired) electrons. The molecule has 7 aromatic carbocycles. The zero-order chi connectivity index (χ0) is 33.0. The fourth-order valence-electron chi connectivity index (χ4n) is 8.06. The fraction of sp³-hybridized carbons (Fsp3) is 0.0417. The fourth-order valence-corrected chi connectivity index (χ4v) is 8.06. The van der Waals surface area contributed by atoms with Crippen LogP contribution in [0.15, 0.2) is 188 Å². The number of rotatable bonds is 5. The van der Waals surface area contributed by atoms with Crippen molar-refractivity contribution in [3.63, 3.8) is 0 Å². The molecule has 0 fully saturated rings. The minimum atomic E-state index is 0.297. The van der Waals surface area contributed by atoms with Crippen LogP contribution >= 0.6 is 0 Å². The molecule has 50 heavy (non-hydrogen) atoms. The summed E-state index contributed by atoms with van der Waals surface area (Å²) < 4.78 is 4.97. The van der Waals surface area contributed by atoms with Crippen LogP contribution in [0, 0.1) is 0 Å². The van der Waals surface area contributed by atoms with E-state index in [1.165, 1.54) is 77.0 Å². The Morgan fingerprint density at radius 3 is 1.66 bits per heavy atom. The highest BCUT2D eigenvalue weighted by atomic mass is 15.0. The summed E-state index contributed by atoms with van der Waals surface area (Å²) in [7, 11) is 0. The van der Waals surface area contributed by atoms with Crippen LogP contribution in [-0.4, -0.2) is 9.13 Å². The lowest BCUT2D eigenvalue weighted by atomic mass is 9.98. The lowest BCUT2D eigenvalue weighted by Crippen LogP contribution is -2.06. The van der Waals surface area contributed by atoms with Crippen molar-refractivity contribution in [1.82, 2.24) is 9.13 Å². The maximum Gasteiger partial charge on any atom is 0.0560 e. The molecule has 1 aliphatic rings. The molecule has 2 aromatic heterocycles. The summed E-state index contributed by atoms with van der Waals surface area (Å²) in [6, 6.07) is 60.4. The molecule has 2 heterocycles. The van der Waals surface area contributed by atoms with Crippen LogP contribution in [0.1, 0.15) is 12.5 Å². The van der Waals surface area contributed by atoms with Gasteiger partial charge >= 0.3 is 0 Å². The molecule has 0 saturated heterocycles.